The van der Waals surface area contributed by atoms with Gasteiger partial charge in [-0.3, -0.25) is 19.7 Å². The molecule has 0 radical (unpaired) electrons. The topological polar surface area (TPSA) is 125 Å². The monoisotopic (exact) mass is 262 g/mol. The van der Waals surface area contributed by atoms with Crippen molar-refractivity contribution in [1.82, 2.24) is 10.6 Å². The van der Waals surface area contributed by atoms with Crippen molar-refractivity contribution in [2.75, 3.05) is 6.54 Å². The van der Waals surface area contributed by atoms with Crippen LogP contribution >= 0.6 is 0 Å². The van der Waals surface area contributed by atoms with Crippen LogP contribution in [-0.2, 0) is 16.1 Å². The molecule has 0 aliphatic heterocycles. The molecule has 0 aliphatic rings. The van der Waals surface area contributed by atoms with Gasteiger partial charge in [-0.15, -0.1) is 0 Å². The third-order valence-electron chi connectivity index (χ3n) is 2.16. The van der Waals surface area contributed by atoms with E-state index in [0.29, 0.717) is 0 Å². The number of amides is 2. The van der Waals surface area contributed by atoms with Crippen LogP contribution in [0.25, 0.3) is 0 Å². The van der Waals surface area contributed by atoms with Crippen molar-refractivity contribution < 1.29 is 14.5 Å². The first kappa shape index (κ1) is 14.1. The molecule has 2 amide bonds. The summed E-state index contributed by atoms with van der Waals surface area (Å²) in [7, 11) is 0. The minimum absolute atomic E-state index is 0.139. The number of nitriles is 1. The van der Waals surface area contributed by atoms with E-state index in [4.69, 9.17) is 5.26 Å². The molecule has 0 saturated heterocycles. The molecule has 2 N–H and O–H groups in total. The number of hydrogen-bond acceptors (Lipinski definition) is 5. The van der Waals surface area contributed by atoms with Gasteiger partial charge in [0.05, 0.1) is 17.5 Å². The Morgan fingerprint density at radius 3 is 2.53 bits per heavy atom. The number of benzene rings is 1. The second-order valence-corrected chi connectivity index (χ2v) is 3.41. The summed E-state index contributed by atoms with van der Waals surface area (Å²) in [5.74, 6) is -1.91. The summed E-state index contributed by atoms with van der Waals surface area (Å²) in [6.45, 7) is -0.423. The van der Waals surface area contributed by atoms with E-state index in [0.717, 1.165) is 0 Å². The normalized spacial score (nSPS) is 9.21. The van der Waals surface area contributed by atoms with E-state index in [1.54, 1.807) is 12.1 Å². The first-order valence-electron chi connectivity index (χ1n) is 5.21. The first-order chi connectivity index (χ1) is 9.06. The Hall–Kier alpha value is -2.95. The van der Waals surface area contributed by atoms with Gasteiger partial charge in [0.2, 0.25) is 0 Å². The fourth-order valence-electron chi connectivity index (χ4n) is 1.29. The van der Waals surface area contributed by atoms with Crippen molar-refractivity contribution in [2.24, 2.45) is 0 Å². The predicted octanol–water partition coefficient (Wildman–Crippen LogP) is -0.149. The van der Waals surface area contributed by atoms with Crippen LogP contribution < -0.4 is 10.6 Å². The van der Waals surface area contributed by atoms with E-state index in [2.05, 4.69) is 10.6 Å². The van der Waals surface area contributed by atoms with Crippen molar-refractivity contribution in [1.29, 1.82) is 5.26 Å². The lowest BCUT2D eigenvalue weighted by atomic mass is 10.2. The Kier molecular flexibility index (Phi) is 4.98. The zero-order valence-electron chi connectivity index (χ0n) is 9.75. The first-order valence-corrected chi connectivity index (χ1v) is 5.21. The van der Waals surface area contributed by atoms with Crippen molar-refractivity contribution in [3.8, 4) is 6.07 Å². The molecule has 0 aromatic heterocycles. The fourth-order valence-corrected chi connectivity index (χ4v) is 1.29. The quantitative estimate of drug-likeness (QED) is 0.338. The highest BCUT2D eigenvalue weighted by atomic mass is 16.6. The maximum atomic E-state index is 11.3. The van der Waals surface area contributed by atoms with E-state index in [1.807, 2.05) is 0 Å². The molecule has 0 unspecified atom stereocenters. The molecular weight excluding hydrogens is 252 g/mol. The molecule has 0 atom stereocenters. The SMILES string of the molecule is N#CCNC(=O)C(=O)NCc1ccccc1[N+](=O)[O-]. The number of rotatable bonds is 4. The minimum Gasteiger partial charge on any atom is -0.343 e. The Balaban J connectivity index is 2.63. The van der Waals surface area contributed by atoms with Crippen molar-refractivity contribution in [3.63, 3.8) is 0 Å². The molecule has 1 aromatic rings. The Morgan fingerprint density at radius 2 is 1.89 bits per heavy atom. The third kappa shape index (κ3) is 4.08. The van der Waals surface area contributed by atoms with Gasteiger partial charge in [-0.25, -0.2) is 0 Å². The number of carbonyl (C=O) groups excluding carboxylic acids is 2. The molecule has 0 bridgehead atoms. The summed E-state index contributed by atoms with van der Waals surface area (Å²) < 4.78 is 0. The number of nitrogens with zero attached hydrogens (tertiary/aromatic N) is 2. The molecule has 1 rings (SSSR count). The van der Waals surface area contributed by atoms with Crippen molar-refractivity contribution >= 4 is 17.5 Å². The highest BCUT2D eigenvalue weighted by molar-refractivity contribution is 6.35. The summed E-state index contributed by atoms with van der Waals surface area (Å²) in [6, 6.07) is 7.52. The second kappa shape index (κ2) is 6.70. The molecule has 0 spiro atoms. The minimum atomic E-state index is -0.958. The van der Waals surface area contributed by atoms with Gasteiger partial charge in [-0.1, -0.05) is 18.2 Å². The average molecular weight is 262 g/mol. The molecular formula is C11H10N4O4. The summed E-state index contributed by atoms with van der Waals surface area (Å²) in [5.41, 5.74) is 0.147. The van der Waals surface area contributed by atoms with E-state index in [1.165, 1.54) is 18.2 Å². The molecule has 8 heteroatoms. The number of nitrogens with one attached hydrogen (secondary N) is 2. The molecule has 98 valence electrons. The lowest BCUT2D eigenvalue weighted by Crippen LogP contribution is -2.39. The lowest BCUT2D eigenvalue weighted by molar-refractivity contribution is -0.385. The maximum Gasteiger partial charge on any atom is 0.310 e. The van der Waals surface area contributed by atoms with Crippen LogP contribution in [0.5, 0.6) is 0 Å². The van der Waals surface area contributed by atoms with Crippen LogP contribution in [-0.4, -0.2) is 23.3 Å². The number of carbonyl (C=O) groups is 2. The maximum absolute atomic E-state index is 11.3. The van der Waals surface area contributed by atoms with Crippen molar-refractivity contribution in [2.45, 2.75) is 6.54 Å². The zero-order chi connectivity index (χ0) is 14.3. The summed E-state index contributed by atoms with van der Waals surface area (Å²) in [6.07, 6.45) is 0. The Morgan fingerprint density at radius 1 is 1.26 bits per heavy atom. The van der Waals surface area contributed by atoms with Gasteiger partial charge in [0.25, 0.3) is 5.69 Å². The summed E-state index contributed by atoms with van der Waals surface area (Å²) in [5, 5.41) is 23.2. The van der Waals surface area contributed by atoms with Gasteiger partial charge in [-0.05, 0) is 0 Å². The van der Waals surface area contributed by atoms with E-state index >= 15 is 0 Å². The lowest BCUT2D eigenvalue weighted by Gasteiger charge is -2.05. The van der Waals surface area contributed by atoms with E-state index in [9.17, 15) is 19.7 Å². The molecule has 0 fully saturated rings. The standard InChI is InChI=1S/C11H10N4O4/c12-5-6-13-10(16)11(17)14-7-8-3-1-2-4-9(8)15(18)19/h1-4H,6-7H2,(H,13,16)(H,14,17). The molecule has 0 saturated carbocycles. The molecule has 19 heavy (non-hydrogen) atoms. The van der Waals surface area contributed by atoms with E-state index < -0.39 is 16.7 Å². The largest absolute Gasteiger partial charge is 0.343 e. The van der Waals surface area contributed by atoms with Gasteiger partial charge in [0.1, 0.15) is 6.54 Å². The average Bonchev–Trinajstić information content (AvgIpc) is 2.42. The zero-order valence-corrected chi connectivity index (χ0v) is 9.75. The summed E-state index contributed by atoms with van der Waals surface area (Å²) in [4.78, 5) is 32.6. The smallest absolute Gasteiger partial charge is 0.310 e. The van der Waals surface area contributed by atoms with Crippen LogP contribution in [0.2, 0.25) is 0 Å². The van der Waals surface area contributed by atoms with Crippen LogP contribution in [0.3, 0.4) is 0 Å². The van der Waals surface area contributed by atoms with Gasteiger partial charge in [0.15, 0.2) is 0 Å². The highest BCUT2D eigenvalue weighted by Crippen LogP contribution is 2.16. The van der Waals surface area contributed by atoms with Crippen LogP contribution in [0, 0.1) is 21.4 Å². The van der Waals surface area contributed by atoms with E-state index in [-0.39, 0.29) is 24.3 Å². The molecule has 1 aromatic carbocycles. The second-order valence-electron chi connectivity index (χ2n) is 3.41. The third-order valence-corrected chi connectivity index (χ3v) is 2.16. The number of nitro groups is 1. The van der Waals surface area contributed by atoms with Crippen LogP contribution in [0.1, 0.15) is 5.56 Å². The Labute approximate surface area is 108 Å². The molecule has 8 nitrogen and oxygen atoms in total. The highest BCUT2D eigenvalue weighted by Gasteiger charge is 2.16. The van der Waals surface area contributed by atoms with Crippen LogP contribution in [0.15, 0.2) is 24.3 Å². The number of hydrogen-bond donors (Lipinski definition) is 2. The predicted molar refractivity (Wildman–Crippen MR) is 63.6 cm³/mol. The fraction of sp³-hybridized carbons (Fsp3) is 0.182. The number of nitro benzene ring substituents is 1. The van der Waals surface area contributed by atoms with Gasteiger partial charge < -0.3 is 10.6 Å². The van der Waals surface area contributed by atoms with Gasteiger partial charge >= 0.3 is 11.8 Å². The van der Waals surface area contributed by atoms with Gasteiger partial charge in [0, 0.05) is 11.6 Å². The summed E-state index contributed by atoms with van der Waals surface area (Å²) >= 11 is 0. The van der Waals surface area contributed by atoms with Crippen LogP contribution in [0.4, 0.5) is 5.69 Å². The van der Waals surface area contributed by atoms with Gasteiger partial charge in [-0.2, -0.15) is 5.26 Å². The number of para-hydroxylation sites is 1. The molecule has 0 heterocycles. The molecule has 0 aliphatic carbocycles. The Bertz CT molecular complexity index is 550. The van der Waals surface area contributed by atoms with Crippen molar-refractivity contribution in [3.05, 3.63) is 39.9 Å².